The number of para-hydroxylation sites is 1. The number of nitro benzene ring substituents is 1. The number of ketones is 2. The highest BCUT2D eigenvalue weighted by atomic mass is 19.1. The molecule has 0 radical (unpaired) electrons. The van der Waals surface area contributed by atoms with E-state index in [9.17, 15) is 29.9 Å². The van der Waals surface area contributed by atoms with Gasteiger partial charge in [0.1, 0.15) is 18.4 Å². The number of rotatable bonds is 6. The minimum atomic E-state index is -2.31. The number of nitro groups is 1. The Balaban J connectivity index is 1.43. The third-order valence-electron chi connectivity index (χ3n) is 10.3. The van der Waals surface area contributed by atoms with Crippen molar-refractivity contribution in [3.05, 3.63) is 63.7 Å². The van der Waals surface area contributed by atoms with Crippen molar-refractivity contribution >= 4 is 17.3 Å². The van der Waals surface area contributed by atoms with Crippen LogP contribution in [0.3, 0.4) is 0 Å². The fourth-order valence-corrected chi connectivity index (χ4v) is 8.31. The van der Waals surface area contributed by atoms with Gasteiger partial charge in [-0.1, -0.05) is 32.1 Å². The molecule has 3 saturated carbocycles. The summed E-state index contributed by atoms with van der Waals surface area (Å²) in [6, 6.07) is 5.97. The molecule has 0 saturated heterocycles. The van der Waals surface area contributed by atoms with Crippen LogP contribution in [-0.2, 0) is 20.9 Å². The van der Waals surface area contributed by atoms with E-state index in [1.54, 1.807) is 19.9 Å². The number of benzene rings is 1. The zero-order chi connectivity index (χ0) is 28.5. The van der Waals surface area contributed by atoms with Crippen molar-refractivity contribution in [3.8, 4) is 0 Å². The first-order valence-corrected chi connectivity index (χ1v) is 13.2. The molecule has 0 aromatic heterocycles. The molecule has 2 N–H and O–H groups in total. The van der Waals surface area contributed by atoms with Crippen molar-refractivity contribution in [1.82, 2.24) is 0 Å². The zero-order valence-corrected chi connectivity index (χ0v) is 22.1. The Labute approximate surface area is 224 Å². The van der Waals surface area contributed by atoms with Gasteiger partial charge in [-0.15, -0.1) is 0 Å². The van der Waals surface area contributed by atoms with Crippen LogP contribution in [0.2, 0.25) is 0 Å². The molecule has 3 unspecified atom stereocenters. The number of carbonyl (C=O) groups is 2. The van der Waals surface area contributed by atoms with Gasteiger partial charge in [-0.3, -0.25) is 19.7 Å². The van der Waals surface area contributed by atoms with E-state index in [-0.39, 0.29) is 42.7 Å². The Kier molecular flexibility index (Phi) is 6.48. The molecule has 4 aliphatic rings. The van der Waals surface area contributed by atoms with E-state index in [0.29, 0.717) is 0 Å². The summed E-state index contributed by atoms with van der Waals surface area (Å²) in [5, 5.41) is 34.6. The smallest absolute Gasteiger partial charge is 0.274 e. The largest absolute Gasteiger partial charge is 0.390 e. The maximum atomic E-state index is 17.2. The first-order valence-electron chi connectivity index (χ1n) is 13.2. The molecular weight excluding hydrogens is 512 g/mol. The van der Waals surface area contributed by atoms with Gasteiger partial charge >= 0.3 is 0 Å². The average Bonchev–Trinajstić information content (AvgIpc) is 3.08. The van der Waals surface area contributed by atoms with E-state index < -0.39 is 75.2 Å². The third kappa shape index (κ3) is 3.64. The lowest BCUT2D eigenvalue weighted by Gasteiger charge is -2.63. The number of halogens is 2. The molecule has 1 aromatic carbocycles. The summed E-state index contributed by atoms with van der Waals surface area (Å²) in [5.41, 5.74) is -7.00. The molecule has 8 nitrogen and oxygen atoms in total. The monoisotopic (exact) mass is 545 g/mol. The second-order valence-electron chi connectivity index (χ2n) is 12.1. The minimum absolute atomic E-state index is 0.0113. The summed E-state index contributed by atoms with van der Waals surface area (Å²) >= 11 is 0. The number of hydrogen-bond donors (Lipinski definition) is 2. The van der Waals surface area contributed by atoms with Crippen LogP contribution in [0.1, 0.15) is 45.6 Å². The van der Waals surface area contributed by atoms with Crippen LogP contribution < -0.4 is 0 Å². The summed E-state index contributed by atoms with van der Waals surface area (Å²) in [6.45, 7) is 4.05. The van der Waals surface area contributed by atoms with Gasteiger partial charge < -0.3 is 14.9 Å². The number of aliphatic hydroxyl groups is 2. The quantitative estimate of drug-likeness (QED) is 0.409. The number of hydrogen-bond acceptors (Lipinski definition) is 7. The molecule has 0 aliphatic heterocycles. The summed E-state index contributed by atoms with van der Waals surface area (Å²) in [6.07, 6.45) is 0.125. The van der Waals surface area contributed by atoms with Gasteiger partial charge in [-0.2, -0.15) is 0 Å². The third-order valence-corrected chi connectivity index (χ3v) is 10.3. The molecule has 10 heteroatoms. The Morgan fingerprint density at radius 1 is 1.23 bits per heavy atom. The second kappa shape index (κ2) is 9.11. The van der Waals surface area contributed by atoms with Crippen LogP contribution in [0.25, 0.3) is 0 Å². The van der Waals surface area contributed by atoms with E-state index in [1.807, 2.05) is 0 Å². The number of nitrogens with zero attached hydrogens (tertiary/aromatic N) is 1. The van der Waals surface area contributed by atoms with Crippen molar-refractivity contribution in [2.75, 3.05) is 6.61 Å². The first kappa shape index (κ1) is 27.7. The Hall–Kier alpha value is -2.82. The lowest BCUT2D eigenvalue weighted by molar-refractivity contribution is -0.385. The van der Waals surface area contributed by atoms with Gasteiger partial charge in [0, 0.05) is 22.8 Å². The Bertz CT molecular complexity index is 1300. The van der Waals surface area contributed by atoms with E-state index >= 15 is 8.78 Å². The van der Waals surface area contributed by atoms with Crippen molar-refractivity contribution in [3.63, 3.8) is 0 Å². The molecular formula is C29H33F2NO7. The lowest BCUT2D eigenvalue weighted by Crippen LogP contribution is -2.70. The fourth-order valence-electron chi connectivity index (χ4n) is 8.31. The van der Waals surface area contributed by atoms with Crippen molar-refractivity contribution in [1.29, 1.82) is 0 Å². The maximum Gasteiger partial charge on any atom is 0.274 e. The maximum absolute atomic E-state index is 17.2. The van der Waals surface area contributed by atoms with Crippen LogP contribution in [0, 0.1) is 38.7 Å². The summed E-state index contributed by atoms with van der Waals surface area (Å²) in [5.74, 6) is -3.39. The Morgan fingerprint density at radius 3 is 2.62 bits per heavy atom. The SMILES string of the molecule is CC1C[C@H]2[C@@H]3CC(F)C4=CC(=O)C=C[C@]4(C)[C@@]3(F)C(O)C[C@]2(C)[C@@]1(O)C(=O)COCc1ccccc1[N+](=O)[O-]. The van der Waals surface area contributed by atoms with Crippen LogP contribution in [-0.4, -0.2) is 56.9 Å². The van der Waals surface area contributed by atoms with Crippen molar-refractivity contribution < 1.29 is 38.2 Å². The molecule has 0 amide bonds. The molecule has 4 aliphatic carbocycles. The average molecular weight is 546 g/mol. The lowest BCUT2D eigenvalue weighted by atomic mass is 9.44. The highest BCUT2D eigenvalue weighted by molar-refractivity contribution is 6.01. The van der Waals surface area contributed by atoms with Crippen molar-refractivity contribution in [2.45, 2.75) is 70.2 Å². The topological polar surface area (TPSA) is 127 Å². The number of alkyl halides is 2. The first-order chi connectivity index (χ1) is 18.2. The predicted molar refractivity (Wildman–Crippen MR) is 136 cm³/mol. The highest BCUT2D eigenvalue weighted by Gasteiger charge is 2.76. The van der Waals surface area contributed by atoms with Gasteiger partial charge in [0.05, 0.1) is 23.2 Å². The minimum Gasteiger partial charge on any atom is -0.390 e. The molecule has 5 rings (SSSR count). The zero-order valence-electron chi connectivity index (χ0n) is 22.1. The van der Waals surface area contributed by atoms with Gasteiger partial charge in [0.2, 0.25) is 0 Å². The molecule has 210 valence electrons. The van der Waals surface area contributed by atoms with Crippen LogP contribution >= 0.6 is 0 Å². The molecule has 1 aromatic rings. The van der Waals surface area contributed by atoms with Crippen LogP contribution in [0.15, 0.2) is 48.1 Å². The normalized spacial score (nSPS) is 42.8. The van der Waals surface area contributed by atoms with E-state index in [0.717, 1.165) is 6.08 Å². The van der Waals surface area contributed by atoms with E-state index in [4.69, 9.17) is 4.74 Å². The van der Waals surface area contributed by atoms with Crippen molar-refractivity contribution in [2.24, 2.45) is 28.6 Å². The Morgan fingerprint density at radius 2 is 1.92 bits per heavy atom. The molecule has 9 atom stereocenters. The summed E-state index contributed by atoms with van der Waals surface area (Å²) in [7, 11) is 0. The van der Waals surface area contributed by atoms with E-state index in [2.05, 4.69) is 0 Å². The number of ether oxygens (including phenoxy) is 1. The molecule has 0 bridgehead atoms. The standard InChI is InChI=1S/C29H33F2NO7/c1-16-10-19-20-12-22(30)21-11-18(33)8-9-26(21,2)28(20,31)24(34)13-27(19,3)29(16,36)25(35)15-39-14-17-6-4-5-7-23(17)32(37)38/h4-9,11,16,19-20,22,24,34,36H,10,12-15H2,1-3H3/t16?,19-,20-,22?,24?,26-,27-,28-,29-/m0/s1. The van der Waals surface area contributed by atoms with Gasteiger partial charge in [0.15, 0.2) is 17.2 Å². The number of fused-ring (bicyclic) bond motifs is 5. The fraction of sp³-hybridized carbons (Fsp3) is 0.586. The molecule has 3 fully saturated rings. The molecule has 0 heterocycles. The number of carbonyl (C=O) groups excluding carboxylic acids is 2. The van der Waals surface area contributed by atoms with E-state index in [1.165, 1.54) is 37.3 Å². The summed E-state index contributed by atoms with van der Waals surface area (Å²) in [4.78, 5) is 36.3. The summed E-state index contributed by atoms with van der Waals surface area (Å²) < 4.78 is 38.3. The van der Waals surface area contributed by atoms with Crippen LogP contribution in [0.4, 0.5) is 14.5 Å². The number of aliphatic hydroxyl groups excluding tert-OH is 1. The second-order valence-corrected chi connectivity index (χ2v) is 12.1. The molecule has 0 spiro atoms. The molecule has 39 heavy (non-hydrogen) atoms. The van der Waals surface area contributed by atoms with Gasteiger partial charge in [-0.05, 0) is 61.8 Å². The number of Topliss-reactive ketones (excluding diaryl/α,β-unsaturated/α-hetero) is 1. The number of allylic oxidation sites excluding steroid dienone is 4. The van der Waals surface area contributed by atoms with Gasteiger partial charge in [-0.25, -0.2) is 8.78 Å². The van der Waals surface area contributed by atoms with Crippen LogP contribution in [0.5, 0.6) is 0 Å². The predicted octanol–water partition coefficient (Wildman–Crippen LogP) is 3.98. The highest BCUT2D eigenvalue weighted by Crippen LogP contribution is 2.71. The van der Waals surface area contributed by atoms with Gasteiger partial charge in [0.25, 0.3) is 5.69 Å².